The molecule has 0 spiro atoms. The third-order valence-electron chi connectivity index (χ3n) is 2.20. The number of benzene rings is 1. The summed E-state index contributed by atoms with van der Waals surface area (Å²) >= 11 is 1.78. The van der Waals surface area contributed by atoms with Crippen LogP contribution >= 0.6 is 11.8 Å². The van der Waals surface area contributed by atoms with E-state index in [9.17, 15) is 4.79 Å². The zero-order valence-corrected chi connectivity index (χ0v) is 12.4. The third-order valence-corrected chi connectivity index (χ3v) is 3.09. The summed E-state index contributed by atoms with van der Waals surface area (Å²) in [5, 5.41) is 0. The topological polar surface area (TPSA) is 17.1 Å². The Morgan fingerprint density at radius 3 is 2.33 bits per heavy atom. The van der Waals surface area contributed by atoms with Crippen LogP contribution in [-0.4, -0.2) is 11.5 Å². The second kappa shape index (κ2) is 6.66. The highest BCUT2D eigenvalue weighted by molar-refractivity contribution is 7.99. The van der Waals surface area contributed by atoms with Gasteiger partial charge >= 0.3 is 0 Å². The predicted molar refractivity (Wildman–Crippen MR) is 79.0 cm³/mol. The number of carbonyl (C=O) groups excluding carboxylic acids is 1. The van der Waals surface area contributed by atoms with Crippen molar-refractivity contribution >= 4 is 17.5 Å². The first kappa shape index (κ1) is 14.9. The van der Waals surface area contributed by atoms with Gasteiger partial charge in [0.25, 0.3) is 0 Å². The highest BCUT2D eigenvalue weighted by Gasteiger charge is 2.06. The molecule has 0 aromatic heterocycles. The molecule has 0 saturated heterocycles. The van der Waals surface area contributed by atoms with Crippen molar-refractivity contribution in [3.05, 3.63) is 29.8 Å². The molecule has 0 unspecified atom stereocenters. The summed E-state index contributed by atoms with van der Waals surface area (Å²) in [4.78, 5) is 13.1. The van der Waals surface area contributed by atoms with Gasteiger partial charge in [0.2, 0.25) is 0 Å². The summed E-state index contributed by atoms with van der Waals surface area (Å²) in [5.74, 6) is 7.18. The summed E-state index contributed by atoms with van der Waals surface area (Å²) in [5.41, 5.74) is 0.709. The molecule has 1 aromatic carbocycles. The van der Waals surface area contributed by atoms with Gasteiger partial charge in [0.1, 0.15) is 0 Å². The predicted octanol–water partition coefficient (Wildman–Crippen LogP) is 4.42. The van der Waals surface area contributed by atoms with Crippen LogP contribution < -0.4 is 0 Å². The van der Waals surface area contributed by atoms with Crippen molar-refractivity contribution in [2.45, 2.75) is 39.0 Å². The van der Waals surface area contributed by atoms with Crippen LogP contribution in [0.1, 0.15) is 44.5 Å². The van der Waals surface area contributed by atoms with E-state index < -0.39 is 0 Å². The molecule has 1 rings (SSSR count). The van der Waals surface area contributed by atoms with Crippen LogP contribution in [0.25, 0.3) is 0 Å². The minimum absolute atomic E-state index is 0.0398. The van der Waals surface area contributed by atoms with Crippen LogP contribution in [0.5, 0.6) is 0 Å². The van der Waals surface area contributed by atoms with E-state index in [1.54, 1.807) is 11.8 Å². The fourth-order valence-corrected chi connectivity index (χ4v) is 2.06. The summed E-state index contributed by atoms with van der Waals surface area (Å²) < 4.78 is 0. The SMILES string of the molecule is CCSc1ccc(C(=O)CC#CC(C)(C)C)cc1. The van der Waals surface area contributed by atoms with Crippen LogP contribution in [0, 0.1) is 17.3 Å². The smallest absolute Gasteiger partial charge is 0.174 e. The van der Waals surface area contributed by atoms with E-state index in [1.165, 1.54) is 4.90 Å². The Labute approximate surface area is 114 Å². The van der Waals surface area contributed by atoms with Crippen LogP contribution in [0.15, 0.2) is 29.2 Å². The molecule has 18 heavy (non-hydrogen) atoms. The molecule has 0 aliphatic rings. The Morgan fingerprint density at radius 2 is 1.83 bits per heavy atom. The Kier molecular flexibility index (Phi) is 5.50. The normalized spacial score (nSPS) is 10.7. The molecule has 2 heteroatoms. The average Bonchev–Trinajstić information content (AvgIpc) is 2.28. The van der Waals surface area contributed by atoms with Crippen molar-refractivity contribution in [1.29, 1.82) is 0 Å². The molecule has 0 fully saturated rings. The van der Waals surface area contributed by atoms with Gasteiger partial charge in [0.15, 0.2) is 5.78 Å². The Balaban J connectivity index is 2.64. The van der Waals surface area contributed by atoms with Crippen LogP contribution in [0.3, 0.4) is 0 Å². The first-order chi connectivity index (χ1) is 8.42. The molecule has 1 aromatic rings. The van der Waals surface area contributed by atoms with Gasteiger partial charge in [-0.05, 0) is 38.7 Å². The molecular weight excluding hydrogens is 240 g/mol. The van der Waals surface area contributed by atoms with Crippen LogP contribution in [0.4, 0.5) is 0 Å². The Bertz CT molecular complexity index is 455. The van der Waals surface area contributed by atoms with Crippen molar-refractivity contribution in [1.82, 2.24) is 0 Å². The second-order valence-electron chi connectivity index (χ2n) is 5.11. The third kappa shape index (κ3) is 5.42. The first-order valence-corrected chi connectivity index (χ1v) is 7.17. The van der Waals surface area contributed by atoms with Crippen molar-refractivity contribution < 1.29 is 4.79 Å². The van der Waals surface area contributed by atoms with Gasteiger partial charge in [-0.2, -0.15) is 0 Å². The van der Waals surface area contributed by atoms with Gasteiger partial charge in [0.05, 0.1) is 6.42 Å². The van der Waals surface area contributed by atoms with Crippen molar-refractivity contribution in [2.24, 2.45) is 5.41 Å². The molecule has 0 aliphatic carbocycles. The molecule has 0 atom stereocenters. The first-order valence-electron chi connectivity index (χ1n) is 6.18. The highest BCUT2D eigenvalue weighted by atomic mass is 32.2. The maximum absolute atomic E-state index is 11.9. The van der Waals surface area contributed by atoms with Crippen LogP contribution in [-0.2, 0) is 0 Å². The number of hydrogen-bond donors (Lipinski definition) is 0. The minimum Gasteiger partial charge on any atom is -0.293 e. The van der Waals surface area contributed by atoms with E-state index in [-0.39, 0.29) is 11.2 Å². The fourth-order valence-electron chi connectivity index (χ4n) is 1.40. The Hall–Kier alpha value is -1.20. The van der Waals surface area contributed by atoms with E-state index in [4.69, 9.17) is 0 Å². The summed E-state index contributed by atoms with van der Waals surface area (Å²) in [7, 11) is 0. The number of ketones is 1. The summed E-state index contributed by atoms with van der Waals surface area (Å²) in [6.07, 6.45) is 0.303. The van der Waals surface area contributed by atoms with E-state index in [1.807, 2.05) is 45.0 Å². The van der Waals surface area contributed by atoms with E-state index in [2.05, 4.69) is 18.8 Å². The molecule has 0 amide bonds. The van der Waals surface area contributed by atoms with Crippen molar-refractivity contribution in [3.63, 3.8) is 0 Å². The number of hydrogen-bond acceptors (Lipinski definition) is 2. The molecule has 96 valence electrons. The van der Waals surface area contributed by atoms with E-state index in [0.717, 1.165) is 11.3 Å². The lowest BCUT2D eigenvalue weighted by molar-refractivity contribution is 0.0998. The fraction of sp³-hybridized carbons (Fsp3) is 0.438. The van der Waals surface area contributed by atoms with Gasteiger partial charge in [0, 0.05) is 15.9 Å². The highest BCUT2D eigenvalue weighted by Crippen LogP contribution is 2.18. The maximum atomic E-state index is 11.9. The molecule has 0 saturated carbocycles. The summed E-state index contributed by atoms with van der Waals surface area (Å²) in [6.45, 7) is 8.25. The Morgan fingerprint density at radius 1 is 1.22 bits per heavy atom. The molecule has 0 bridgehead atoms. The minimum atomic E-state index is -0.0398. The number of Topliss-reactive ketones (excluding diaryl/α,β-unsaturated/α-hetero) is 1. The largest absolute Gasteiger partial charge is 0.293 e. The maximum Gasteiger partial charge on any atom is 0.174 e. The number of thioether (sulfide) groups is 1. The zero-order valence-electron chi connectivity index (χ0n) is 11.5. The zero-order chi connectivity index (χ0) is 13.6. The molecule has 0 aliphatic heterocycles. The lowest BCUT2D eigenvalue weighted by Gasteiger charge is -2.06. The molecule has 0 radical (unpaired) electrons. The molecular formula is C16H20OS. The van der Waals surface area contributed by atoms with E-state index in [0.29, 0.717) is 6.42 Å². The van der Waals surface area contributed by atoms with E-state index >= 15 is 0 Å². The van der Waals surface area contributed by atoms with Gasteiger partial charge in [-0.15, -0.1) is 11.8 Å². The monoisotopic (exact) mass is 260 g/mol. The van der Waals surface area contributed by atoms with Crippen molar-refractivity contribution in [2.75, 3.05) is 5.75 Å². The van der Waals surface area contributed by atoms with Gasteiger partial charge in [-0.25, -0.2) is 0 Å². The lowest BCUT2D eigenvalue weighted by Crippen LogP contribution is -2.01. The van der Waals surface area contributed by atoms with Gasteiger partial charge < -0.3 is 0 Å². The number of carbonyl (C=O) groups is 1. The standard InChI is InChI=1S/C16H20OS/c1-5-18-14-10-8-13(9-11-14)15(17)7-6-12-16(2,3)4/h8-11H,5,7H2,1-4H3. The number of rotatable bonds is 4. The molecule has 0 heterocycles. The quantitative estimate of drug-likeness (QED) is 0.453. The van der Waals surface area contributed by atoms with Gasteiger partial charge in [-0.3, -0.25) is 4.79 Å². The van der Waals surface area contributed by atoms with Crippen molar-refractivity contribution in [3.8, 4) is 11.8 Å². The van der Waals surface area contributed by atoms with Gasteiger partial charge in [-0.1, -0.05) is 30.9 Å². The lowest BCUT2D eigenvalue weighted by atomic mass is 9.97. The summed E-state index contributed by atoms with van der Waals surface area (Å²) in [6, 6.07) is 7.77. The average molecular weight is 260 g/mol. The molecule has 0 N–H and O–H groups in total. The van der Waals surface area contributed by atoms with Crippen LogP contribution in [0.2, 0.25) is 0 Å². The molecule has 1 nitrogen and oxygen atoms in total. The second-order valence-corrected chi connectivity index (χ2v) is 6.45.